The lowest BCUT2D eigenvalue weighted by molar-refractivity contribution is -0.274. The molecule has 0 N–H and O–H groups in total. The van der Waals surface area contributed by atoms with Crippen molar-refractivity contribution in [3.63, 3.8) is 0 Å². The average Bonchev–Trinajstić information content (AvgIpc) is 2.88. The van der Waals surface area contributed by atoms with E-state index in [4.69, 9.17) is 0 Å². The highest BCUT2D eigenvalue weighted by Gasteiger charge is 2.30. The molecule has 1 aromatic carbocycles. The largest absolute Gasteiger partial charge is 0.573 e. The quantitative estimate of drug-likeness (QED) is 0.762. The molecule has 0 amide bonds. The lowest BCUT2D eigenvalue weighted by Crippen LogP contribution is -2.17. The zero-order valence-corrected chi connectivity index (χ0v) is 11.9. The van der Waals surface area contributed by atoms with Crippen LogP contribution >= 0.6 is 0 Å². The van der Waals surface area contributed by atoms with Gasteiger partial charge in [0.2, 0.25) is 0 Å². The highest BCUT2D eigenvalue weighted by molar-refractivity contribution is 5.95. The van der Waals surface area contributed by atoms with Crippen molar-refractivity contribution in [1.29, 1.82) is 0 Å². The number of aromatic nitrogens is 2. The van der Waals surface area contributed by atoms with E-state index in [0.29, 0.717) is 18.5 Å². The molecule has 1 heterocycles. The molecule has 2 aromatic rings. The predicted molar refractivity (Wildman–Crippen MR) is 73.7 cm³/mol. The summed E-state index contributed by atoms with van der Waals surface area (Å²) in [6.07, 6.45) is -0.324. The van der Waals surface area contributed by atoms with Crippen LogP contribution in [0.1, 0.15) is 35.7 Å². The summed E-state index contributed by atoms with van der Waals surface area (Å²) >= 11 is 0. The van der Waals surface area contributed by atoms with Gasteiger partial charge in [-0.3, -0.25) is 9.48 Å². The molecule has 0 atom stereocenters. The third kappa shape index (κ3) is 4.61. The number of carbonyl (C=O) groups is 1. The zero-order valence-electron chi connectivity index (χ0n) is 11.9. The smallest absolute Gasteiger partial charge is 0.406 e. The lowest BCUT2D eigenvalue weighted by Gasteiger charge is -2.09. The van der Waals surface area contributed by atoms with Crippen LogP contribution in [0, 0.1) is 0 Å². The summed E-state index contributed by atoms with van der Waals surface area (Å²) < 4.78 is 41.6. The molecule has 0 spiro atoms. The Bertz CT molecular complexity index is 633. The molecule has 0 aliphatic heterocycles. The Morgan fingerprint density at radius 1 is 1.27 bits per heavy atom. The number of hydrogen-bond acceptors (Lipinski definition) is 3. The summed E-state index contributed by atoms with van der Waals surface area (Å²) in [6, 6.07) is 5.54. The number of alkyl halides is 3. The highest BCUT2D eigenvalue weighted by atomic mass is 19.4. The molecule has 22 heavy (non-hydrogen) atoms. The number of ether oxygens (including phenoxy) is 1. The molecule has 7 heteroatoms. The second-order valence-corrected chi connectivity index (χ2v) is 4.79. The fourth-order valence-electron chi connectivity index (χ4n) is 1.95. The average molecular weight is 312 g/mol. The van der Waals surface area contributed by atoms with E-state index < -0.39 is 6.36 Å². The van der Waals surface area contributed by atoms with Crippen molar-refractivity contribution in [3.8, 4) is 5.75 Å². The number of rotatable bonds is 6. The Morgan fingerprint density at radius 2 is 1.95 bits per heavy atom. The molecule has 2 rings (SSSR count). The number of benzene rings is 1. The van der Waals surface area contributed by atoms with E-state index in [0.717, 1.165) is 12.0 Å². The monoisotopic (exact) mass is 312 g/mol. The number of Topliss-reactive ketones (excluding diaryl/α,β-unsaturated/α-hetero) is 1. The third-order valence-electron chi connectivity index (χ3n) is 2.93. The van der Waals surface area contributed by atoms with Crippen LogP contribution < -0.4 is 4.74 Å². The standard InChI is InChI=1S/C15H15F3N2O2/c1-2-3-14(21)12-8-19-20(10-12)9-11-4-6-13(7-5-11)22-15(16,17)18/h4-8,10H,2-3,9H2,1H3. The van der Waals surface area contributed by atoms with Crippen LogP contribution in [0.4, 0.5) is 13.2 Å². The minimum absolute atomic E-state index is 0.0303. The number of nitrogens with zero attached hydrogens (tertiary/aromatic N) is 2. The van der Waals surface area contributed by atoms with E-state index >= 15 is 0 Å². The normalized spacial score (nSPS) is 11.5. The summed E-state index contributed by atoms with van der Waals surface area (Å²) in [5.41, 5.74) is 1.30. The molecule has 0 aliphatic rings. The summed E-state index contributed by atoms with van der Waals surface area (Å²) in [7, 11) is 0. The Hall–Kier alpha value is -2.31. The highest BCUT2D eigenvalue weighted by Crippen LogP contribution is 2.22. The van der Waals surface area contributed by atoms with Gasteiger partial charge in [0, 0.05) is 12.6 Å². The van der Waals surface area contributed by atoms with E-state index in [9.17, 15) is 18.0 Å². The van der Waals surface area contributed by atoms with Gasteiger partial charge >= 0.3 is 6.36 Å². The maximum atomic E-state index is 12.1. The Morgan fingerprint density at radius 3 is 2.55 bits per heavy atom. The minimum Gasteiger partial charge on any atom is -0.406 e. The van der Waals surface area contributed by atoms with Gasteiger partial charge in [0.25, 0.3) is 0 Å². The van der Waals surface area contributed by atoms with Gasteiger partial charge in [0.1, 0.15) is 5.75 Å². The van der Waals surface area contributed by atoms with E-state index in [-0.39, 0.29) is 11.5 Å². The van der Waals surface area contributed by atoms with Gasteiger partial charge < -0.3 is 4.74 Å². The van der Waals surface area contributed by atoms with Gasteiger partial charge in [0.15, 0.2) is 5.78 Å². The maximum Gasteiger partial charge on any atom is 0.573 e. The van der Waals surface area contributed by atoms with Crippen LogP contribution in [0.2, 0.25) is 0 Å². The first-order chi connectivity index (χ1) is 10.4. The van der Waals surface area contributed by atoms with Crippen LogP contribution in [0.25, 0.3) is 0 Å². The molecule has 0 unspecified atom stereocenters. The second-order valence-electron chi connectivity index (χ2n) is 4.79. The van der Waals surface area contributed by atoms with Gasteiger partial charge in [-0.1, -0.05) is 19.1 Å². The first-order valence-electron chi connectivity index (χ1n) is 6.77. The van der Waals surface area contributed by atoms with E-state index in [1.54, 1.807) is 10.9 Å². The number of hydrogen-bond donors (Lipinski definition) is 0. The fraction of sp³-hybridized carbons (Fsp3) is 0.333. The maximum absolute atomic E-state index is 12.1. The fourth-order valence-corrected chi connectivity index (χ4v) is 1.95. The van der Waals surface area contributed by atoms with E-state index in [2.05, 4.69) is 9.84 Å². The molecule has 4 nitrogen and oxygen atoms in total. The second kappa shape index (κ2) is 6.64. The van der Waals surface area contributed by atoms with Crippen molar-refractivity contribution >= 4 is 5.78 Å². The summed E-state index contributed by atoms with van der Waals surface area (Å²) in [6.45, 7) is 2.29. The summed E-state index contributed by atoms with van der Waals surface area (Å²) in [4.78, 5) is 11.7. The van der Waals surface area contributed by atoms with Crippen LogP contribution in [-0.2, 0) is 6.54 Å². The Labute approximate surface area is 125 Å². The Balaban J connectivity index is 2.00. The number of halogens is 3. The minimum atomic E-state index is -4.70. The van der Waals surface area contributed by atoms with Crippen LogP contribution in [0.15, 0.2) is 36.7 Å². The third-order valence-corrected chi connectivity index (χ3v) is 2.93. The van der Waals surface area contributed by atoms with Crippen molar-refractivity contribution in [3.05, 3.63) is 47.8 Å². The van der Waals surface area contributed by atoms with Crippen molar-refractivity contribution < 1.29 is 22.7 Å². The zero-order chi connectivity index (χ0) is 16.2. The van der Waals surface area contributed by atoms with E-state index in [1.165, 1.54) is 30.5 Å². The van der Waals surface area contributed by atoms with Crippen molar-refractivity contribution in [2.75, 3.05) is 0 Å². The molecular weight excluding hydrogens is 297 g/mol. The molecular formula is C15H15F3N2O2. The lowest BCUT2D eigenvalue weighted by atomic mass is 10.1. The van der Waals surface area contributed by atoms with Crippen LogP contribution in [0.3, 0.4) is 0 Å². The van der Waals surface area contributed by atoms with Gasteiger partial charge in [0.05, 0.1) is 18.3 Å². The molecule has 0 saturated heterocycles. The summed E-state index contributed by atoms with van der Waals surface area (Å²) in [5.74, 6) is -0.238. The van der Waals surface area contributed by atoms with Crippen molar-refractivity contribution in [1.82, 2.24) is 9.78 Å². The molecule has 0 bridgehead atoms. The topological polar surface area (TPSA) is 44.1 Å². The predicted octanol–water partition coefficient (Wildman–Crippen LogP) is 3.81. The molecule has 1 aromatic heterocycles. The SMILES string of the molecule is CCCC(=O)c1cnn(Cc2ccc(OC(F)(F)F)cc2)c1. The van der Waals surface area contributed by atoms with Crippen molar-refractivity contribution in [2.45, 2.75) is 32.7 Å². The molecule has 0 aliphatic carbocycles. The van der Waals surface area contributed by atoms with E-state index in [1.807, 2.05) is 6.92 Å². The summed E-state index contributed by atoms with van der Waals surface area (Å²) in [5, 5.41) is 4.08. The van der Waals surface area contributed by atoms with Gasteiger partial charge in [-0.05, 0) is 24.1 Å². The van der Waals surface area contributed by atoms with Crippen LogP contribution in [-0.4, -0.2) is 21.9 Å². The van der Waals surface area contributed by atoms with Gasteiger partial charge in [-0.25, -0.2) is 0 Å². The van der Waals surface area contributed by atoms with Gasteiger partial charge in [-0.15, -0.1) is 13.2 Å². The molecule has 0 fully saturated rings. The molecule has 118 valence electrons. The van der Waals surface area contributed by atoms with Crippen molar-refractivity contribution in [2.24, 2.45) is 0 Å². The number of ketones is 1. The Kier molecular flexibility index (Phi) is 4.85. The first kappa shape index (κ1) is 16.1. The van der Waals surface area contributed by atoms with Gasteiger partial charge in [-0.2, -0.15) is 5.10 Å². The van der Waals surface area contributed by atoms with Crippen LogP contribution in [0.5, 0.6) is 5.75 Å². The molecule has 0 radical (unpaired) electrons. The first-order valence-corrected chi connectivity index (χ1v) is 6.77. The molecule has 0 saturated carbocycles. The number of carbonyl (C=O) groups excluding carboxylic acids is 1.